The summed E-state index contributed by atoms with van der Waals surface area (Å²) in [5, 5.41) is 0. The summed E-state index contributed by atoms with van der Waals surface area (Å²) >= 11 is 0. The van der Waals surface area contributed by atoms with Crippen LogP contribution in [0.3, 0.4) is 0 Å². The van der Waals surface area contributed by atoms with Crippen LogP contribution in [0.1, 0.15) is 19.4 Å². The third-order valence-corrected chi connectivity index (χ3v) is 2.08. The van der Waals surface area contributed by atoms with Gasteiger partial charge in [0.2, 0.25) is 0 Å². The minimum absolute atomic E-state index is 0.0394. The molecular weight excluding hydrogens is 166 g/mol. The first-order valence-electron chi connectivity index (χ1n) is 4.62. The van der Waals surface area contributed by atoms with Crippen LogP contribution in [0.4, 0.5) is 0 Å². The van der Waals surface area contributed by atoms with Crippen LogP contribution in [0, 0.1) is 0 Å². The van der Waals surface area contributed by atoms with Crippen molar-refractivity contribution < 1.29 is 9.15 Å². The van der Waals surface area contributed by atoms with Crippen LogP contribution in [-0.2, 0) is 11.2 Å². The van der Waals surface area contributed by atoms with Gasteiger partial charge in [-0.3, -0.25) is 0 Å². The highest BCUT2D eigenvalue weighted by Gasteiger charge is 2.13. The van der Waals surface area contributed by atoms with Crippen molar-refractivity contribution in [3.05, 3.63) is 24.2 Å². The van der Waals surface area contributed by atoms with E-state index in [0.29, 0.717) is 6.61 Å². The van der Waals surface area contributed by atoms with E-state index in [0.717, 1.165) is 12.0 Å². The van der Waals surface area contributed by atoms with E-state index in [9.17, 15) is 0 Å². The molecule has 2 atom stereocenters. The van der Waals surface area contributed by atoms with Gasteiger partial charge < -0.3 is 14.9 Å². The first-order chi connectivity index (χ1) is 6.24. The quantitative estimate of drug-likeness (QED) is 0.753. The van der Waals surface area contributed by atoms with Crippen molar-refractivity contribution in [1.82, 2.24) is 0 Å². The maximum absolute atomic E-state index is 5.93. The molecule has 3 heteroatoms. The van der Waals surface area contributed by atoms with E-state index in [-0.39, 0.29) is 12.1 Å². The van der Waals surface area contributed by atoms with Crippen LogP contribution >= 0.6 is 0 Å². The van der Waals surface area contributed by atoms with Crippen molar-refractivity contribution in [2.24, 2.45) is 5.73 Å². The highest BCUT2D eigenvalue weighted by Crippen LogP contribution is 2.07. The van der Waals surface area contributed by atoms with Gasteiger partial charge in [0, 0.05) is 12.6 Å². The summed E-state index contributed by atoms with van der Waals surface area (Å²) in [5.74, 6) is 0. The zero-order valence-corrected chi connectivity index (χ0v) is 8.19. The number of ether oxygens (including phenoxy) is 1. The van der Waals surface area contributed by atoms with Crippen molar-refractivity contribution in [2.75, 3.05) is 6.61 Å². The van der Waals surface area contributed by atoms with Crippen LogP contribution < -0.4 is 5.73 Å². The lowest BCUT2D eigenvalue weighted by Gasteiger charge is -2.18. The lowest BCUT2D eigenvalue weighted by atomic mass is 10.1. The monoisotopic (exact) mass is 183 g/mol. The topological polar surface area (TPSA) is 48.4 Å². The molecule has 13 heavy (non-hydrogen) atoms. The fourth-order valence-electron chi connectivity index (χ4n) is 1.23. The van der Waals surface area contributed by atoms with E-state index < -0.39 is 0 Å². The Morgan fingerprint density at radius 2 is 2.38 bits per heavy atom. The summed E-state index contributed by atoms with van der Waals surface area (Å²) in [5.41, 5.74) is 7.05. The molecule has 1 aromatic heterocycles. The SMILES string of the molecule is CCOC(C)C(N)Cc1ccoc1. The Labute approximate surface area is 78.9 Å². The van der Waals surface area contributed by atoms with E-state index in [1.165, 1.54) is 0 Å². The molecule has 0 radical (unpaired) electrons. The molecule has 74 valence electrons. The zero-order chi connectivity index (χ0) is 9.68. The summed E-state index contributed by atoms with van der Waals surface area (Å²) in [7, 11) is 0. The Morgan fingerprint density at radius 3 is 2.92 bits per heavy atom. The molecule has 0 saturated heterocycles. The van der Waals surface area contributed by atoms with Gasteiger partial charge in [0.15, 0.2) is 0 Å². The predicted octanol–water partition coefficient (Wildman–Crippen LogP) is 1.57. The Balaban J connectivity index is 2.36. The lowest BCUT2D eigenvalue weighted by molar-refractivity contribution is 0.0577. The van der Waals surface area contributed by atoms with Gasteiger partial charge in [-0.25, -0.2) is 0 Å². The van der Waals surface area contributed by atoms with Gasteiger partial charge in [-0.05, 0) is 31.9 Å². The number of hydrogen-bond acceptors (Lipinski definition) is 3. The van der Waals surface area contributed by atoms with E-state index in [4.69, 9.17) is 14.9 Å². The Kier molecular flexibility index (Phi) is 3.99. The lowest BCUT2D eigenvalue weighted by Crippen LogP contribution is -2.36. The van der Waals surface area contributed by atoms with Gasteiger partial charge in [-0.15, -0.1) is 0 Å². The molecule has 2 N–H and O–H groups in total. The average Bonchev–Trinajstić information content (AvgIpc) is 2.57. The maximum atomic E-state index is 5.93. The first kappa shape index (κ1) is 10.3. The van der Waals surface area contributed by atoms with Crippen molar-refractivity contribution in [2.45, 2.75) is 32.4 Å². The second kappa shape index (κ2) is 5.04. The average molecular weight is 183 g/mol. The largest absolute Gasteiger partial charge is 0.472 e. The highest BCUT2D eigenvalue weighted by atomic mass is 16.5. The Hall–Kier alpha value is -0.800. The summed E-state index contributed by atoms with van der Waals surface area (Å²) in [4.78, 5) is 0. The third-order valence-electron chi connectivity index (χ3n) is 2.08. The van der Waals surface area contributed by atoms with Crippen molar-refractivity contribution in [3.8, 4) is 0 Å². The molecule has 0 spiro atoms. The van der Waals surface area contributed by atoms with Crippen molar-refractivity contribution in [3.63, 3.8) is 0 Å². The maximum Gasteiger partial charge on any atom is 0.0935 e. The van der Waals surface area contributed by atoms with Gasteiger partial charge in [0.25, 0.3) is 0 Å². The second-order valence-electron chi connectivity index (χ2n) is 3.16. The van der Waals surface area contributed by atoms with Gasteiger partial charge in [0.1, 0.15) is 0 Å². The Morgan fingerprint density at radius 1 is 1.62 bits per heavy atom. The first-order valence-corrected chi connectivity index (χ1v) is 4.62. The summed E-state index contributed by atoms with van der Waals surface area (Å²) < 4.78 is 10.4. The van der Waals surface area contributed by atoms with E-state index >= 15 is 0 Å². The Bertz CT molecular complexity index is 221. The van der Waals surface area contributed by atoms with Gasteiger partial charge in [-0.1, -0.05) is 0 Å². The number of rotatable bonds is 5. The molecule has 0 aliphatic carbocycles. The molecule has 0 aromatic carbocycles. The molecule has 0 fully saturated rings. The molecule has 0 bridgehead atoms. The summed E-state index contributed by atoms with van der Waals surface area (Å²) in [6, 6.07) is 1.97. The summed E-state index contributed by atoms with van der Waals surface area (Å²) in [6.07, 6.45) is 4.28. The molecule has 0 aliphatic heterocycles. The van der Waals surface area contributed by atoms with Crippen LogP contribution in [0.2, 0.25) is 0 Å². The molecule has 1 heterocycles. The highest BCUT2D eigenvalue weighted by molar-refractivity contribution is 5.07. The molecule has 0 amide bonds. The number of furan rings is 1. The van der Waals surface area contributed by atoms with Crippen molar-refractivity contribution in [1.29, 1.82) is 0 Å². The smallest absolute Gasteiger partial charge is 0.0935 e. The van der Waals surface area contributed by atoms with Gasteiger partial charge in [0.05, 0.1) is 18.6 Å². The zero-order valence-electron chi connectivity index (χ0n) is 8.19. The molecule has 0 saturated carbocycles. The van der Waals surface area contributed by atoms with Crippen LogP contribution in [-0.4, -0.2) is 18.8 Å². The van der Waals surface area contributed by atoms with Gasteiger partial charge >= 0.3 is 0 Å². The summed E-state index contributed by atoms with van der Waals surface area (Å²) in [6.45, 7) is 4.68. The minimum atomic E-state index is 0.0394. The molecule has 1 aromatic rings. The molecule has 3 nitrogen and oxygen atoms in total. The van der Waals surface area contributed by atoms with E-state index in [1.807, 2.05) is 19.9 Å². The number of nitrogens with two attached hydrogens (primary N) is 1. The van der Waals surface area contributed by atoms with Crippen LogP contribution in [0.5, 0.6) is 0 Å². The third kappa shape index (κ3) is 3.20. The van der Waals surface area contributed by atoms with Gasteiger partial charge in [-0.2, -0.15) is 0 Å². The predicted molar refractivity (Wildman–Crippen MR) is 51.5 cm³/mol. The van der Waals surface area contributed by atoms with E-state index in [1.54, 1.807) is 12.5 Å². The van der Waals surface area contributed by atoms with E-state index in [2.05, 4.69) is 0 Å². The molecule has 2 unspecified atom stereocenters. The normalized spacial score (nSPS) is 15.6. The van der Waals surface area contributed by atoms with Crippen LogP contribution in [0.15, 0.2) is 23.0 Å². The fraction of sp³-hybridized carbons (Fsp3) is 0.600. The molecule has 0 aliphatic rings. The molecule has 1 rings (SSSR count). The minimum Gasteiger partial charge on any atom is -0.472 e. The number of hydrogen-bond donors (Lipinski definition) is 1. The fourth-order valence-corrected chi connectivity index (χ4v) is 1.23. The van der Waals surface area contributed by atoms with Crippen molar-refractivity contribution >= 4 is 0 Å². The second-order valence-corrected chi connectivity index (χ2v) is 3.16. The standard InChI is InChI=1S/C10H17NO2/c1-3-13-8(2)10(11)6-9-4-5-12-7-9/h4-5,7-8,10H,3,6,11H2,1-2H3. The molecular formula is C10H17NO2. The van der Waals surface area contributed by atoms with Crippen LogP contribution in [0.25, 0.3) is 0 Å².